The van der Waals surface area contributed by atoms with Crippen molar-refractivity contribution in [2.75, 3.05) is 13.7 Å². The normalized spacial score (nSPS) is 13.3. The molecule has 28 heavy (non-hydrogen) atoms. The van der Waals surface area contributed by atoms with E-state index in [2.05, 4.69) is 19.2 Å². The molecule has 0 aliphatic carbocycles. The molecule has 0 radical (unpaired) electrons. The molecule has 0 aliphatic heterocycles. The van der Waals surface area contributed by atoms with Gasteiger partial charge in [-0.05, 0) is 26.8 Å². The first-order valence-electron chi connectivity index (χ1n) is 11.9. The Kier molecular flexibility index (Phi) is 17.6. The fourth-order valence-electron chi connectivity index (χ4n) is 3.39. The van der Waals surface area contributed by atoms with Gasteiger partial charge >= 0.3 is 5.97 Å². The van der Waals surface area contributed by atoms with E-state index in [0.717, 1.165) is 38.5 Å². The molecule has 1 N–H and O–H groups in total. The molecule has 0 spiro atoms. The van der Waals surface area contributed by atoms with Gasteiger partial charge in [-0.3, -0.25) is 10.1 Å². The first-order valence-corrected chi connectivity index (χ1v) is 11.9. The maximum Gasteiger partial charge on any atom is 0.333 e. The number of rotatable bonds is 20. The van der Waals surface area contributed by atoms with Crippen molar-refractivity contribution < 1.29 is 14.3 Å². The van der Waals surface area contributed by atoms with Crippen molar-refractivity contribution in [3.05, 3.63) is 0 Å². The molecule has 0 amide bonds. The van der Waals surface area contributed by atoms with Gasteiger partial charge in [-0.1, -0.05) is 97.3 Å². The van der Waals surface area contributed by atoms with E-state index in [1.807, 2.05) is 0 Å². The summed E-state index contributed by atoms with van der Waals surface area (Å²) in [5, 5.41) is 2.90. The molecule has 0 saturated heterocycles. The molecular weight excluding hydrogens is 350 g/mol. The molecular formula is C24H47NO3. The Bertz CT molecular complexity index is 397. The highest BCUT2D eigenvalue weighted by atomic mass is 16.5. The summed E-state index contributed by atoms with van der Waals surface area (Å²) in [5.41, 5.74) is -1.21. The first kappa shape index (κ1) is 27.1. The van der Waals surface area contributed by atoms with E-state index in [-0.39, 0.29) is 5.78 Å². The van der Waals surface area contributed by atoms with Crippen molar-refractivity contribution in [1.82, 2.24) is 5.32 Å². The van der Waals surface area contributed by atoms with E-state index < -0.39 is 11.5 Å². The summed E-state index contributed by atoms with van der Waals surface area (Å²) < 4.78 is 5.35. The number of esters is 1. The third-order valence-electron chi connectivity index (χ3n) is 5.70. The van der Waals surface area contributed by atoms with E-state index >= 15 is 0 Å². The number of ether oxygens (including phenoxy) is 1. The van der Waals surface area contributed by atoms with Gasteiger partial charge in [0.1, 0.15) is 0 Å². The van der Waals surface area contributed by atoms with Gasteiger partial charge in [0, 0.05) is 6.42 Å². The third kappa shape index (κ3) is 12.5. The van der Waals surface area contributed by atoms with Gasteiger partial charge in [-0.2, -0.15) is 0 Å². The molecule has 1 unspecified atom stereocenters. The summed E-state index contributed by atoms with van der Waals surface area (Å²) in [7, 11) is 1.66. The van der Waals surface area contributed by atoms with Gasteiger partial charge in [0.05, 0.1) is 6.61 Å². The minimum Gasteiger partial charge on any atom is -0.464 e. The van der Waals surface area contributed by atoms with Crippen molar-refractivity contribution in [2.24, 2.45) is 0 Å². The zero-order chi connectivity index (χ0) is 21.1. The lowest BCUT2D eigenvalue weighted by Gasteiger charge is -2.25. The number of carbonyl (C=O) groups excluding carboxylic acids is 2. The van der Waals surface area contributed by atoms with Gasteiger partial charge in [0.25, 0.3) is 0 Å². The Morgan fingerprint density at radius 1 is 0.714 bits per heavy atom. The standard InChI is InChI=1S/C24H47NO3/c1-5-7-9-11-12-13-14-15-16-17-18-20-22(26)24(3,25-4)23(27)28-21-19-10-8-6-2/h25H,5-21H2,1-4H3. The Morgan fingerprint density at radius 2 is 1.14 bits per heavy atom. The number of unbranched alkanes of at least 4 members (excludes halogenated alkanes) is 13. The van der Waals surface area contributed by atoms with Crippen LogP contribution in [0.5, 0.6) is 0 Å². The Labute approximate surface area is 174 Å². The molecule has 1 atom stereocenters. The van der Waals surface area contributed by atoms with Gasteiger partial charge in [-0.25, -0.2) is 4.79 Å². The molecule has 0 saturated carbocycles. The summed E-state index contributed by atoms with van der Waals surface area (Å²) in [4.78, 5) is 24.9. The van der Waals surface area contributed by atoms with E-state index in [1.54, 1.807) is 14.0 Å². The van der Waals surface area contributed by atoms with Crippen LogP contribution in [0.3, 0.4) is 0 Å². The van der Waals surface area contributed by atoms with Gasteiger partial charge in [0.2, 0.25) is 0 Å². The van der Waals surface area contributed by atoms with Crippen LogP contribution in [0, 0.1) is 0 Å². The Hall–Kier alpha value is -0.900. The van der Waals surface area contributed by atoms with Crippen molar-refractivity contribution in [1.29, 1.82) is 0 Å². The number of Topliss-reactive ketones (excluding diaryl/α,β-unsaturated/α-hetero) is 1. The second-order valence-electron chi connectivity index (χ2n) is 8.28. The van der Waals surface area contributed by atoms with Crippen LogP contribution in [0.2, 0.25) is 0 Å². The molecule has 0 heterocycles. The van der Waals surface area contributed by atoms with Crippen LogP contribution >= 0.6 is 0 Å². The first-order chi connectivity index (χ1) is 13.5. The summed E-state index contributed by atoms with van der Waals surface area (Å²) >= 11 is 0. The second-order valence-corrected chi connectivity index (χ2v) is 8.28. The van der Waals surface area contributed by atoms with Crippen LogP contribution in [0.4, 0.5) is 0 Å². The summed E-state index contributed by atoms with van der Waals surface area (Å²) in [6.07, 6.45) is 18.5. The average Bonchev–Trinajstić information content (AvgIpc) is 2.70. The number of likely N-dealkylation sites (N-methyl/N-ethyl adjacent to an activating group) is 1. The van der Waals surface area contributed by atoms with Gasteiger partial charge in [0.15, 0.2) is 11.3 Å². The SMILES string of the molecule is CCCCCCCCCCCCCC(=O)C(C)(NC)C(=O)OCCCCCC. The van der Waals surface area contributed by atoms with E-state index in [4.69, 9.17) is 4.74 Å². The van der Waals surface area contributed by atoms with Crippen LogP contribution in [-0.2, 0) is 14.3 Å². The molecule has 0 rings (SSSR count). The highest BCUT2D eigenvalue weighted by molar-refractivity contribution is 6.08. The molecule has 0 aromatic carbocycles. The number of nitrogens with one attached hydrogen (secondary N) is 1. The molecule has 4 heteroatoms. The monoisotopic (exact) mass is 397 g/mol. The van der Waals surface area contributed by atoms with E-state index in [0.29, 0.717) is 13.0 Å². The summed E-state index contributed by atoms with van der Waals surface area (Å²) in [5.74, 6) is -0.482. The van der Waals surface area contributed by atoms with Crippen molar-refractivity contribution in [3.63, 3.8) is 0 Å². The highest BCUT2D eigenvalue weighted by Gasteiger charge is 2.40. The van der Waals surface area contributed by atoms with E-state index in [9.17, 15) is 9.59 Å². The fraction of sp³-hybridized carbons (Fsp3) is 0.917. The zero-order valence-electron chi connectivity index (χ0n) is 19.2. The minimum absolute atomic E-state index is 0.0514. The number of hydrogen-bond acceptors (Lipinski definition) is 4. The smallest absolute Gasteiger partial charge is 0.333 e. The molecule has 0 fully saturated rings. The lowest BCUT2D eigenvalue weighted by atomic mass is 9.92. The van der Waals surface area contributed by atoms with Crippen molar-refractivity contribution >= 4 is 11.8 Å². The number of hydrogen-bond donors (Lipinski definition) is 1. The lowest BCUT2D eigenvalue weighted by Crippen LogP contribution is -2.55. The fourth-order valence-corrected chi connectivity index (χ4v) is 3.39. The van der Waals surface area contributed by atoms with Gasteiger partial charge in [-0.15, -0.1) is 0 Å². The van der Waals surface area contributed by atoms with Crippen molar-refractivity contribution in [2.45, 2.75) is 129 Å². The molecule has 4 nitrogen and oxygen atoms in total. The summed E-state index contributed by atoms with van der Waals surface area (Å²) in [6.45, 7) is 6.46. The zero-order valence-corrected chi connectivity index (χ0v) is 19.2. The van der Waals surface area contributed by atoms with Crippen LogP contribution in [-0.4, -0.2) is 30.9 Å². The molecule has 0 aromatic rings. The molecule has 0 aliphatic rings. The predicted octanol–water partition coefficient (Wildman–Crippen LogP) is 6.36. The van der Waals surface area contributed by atoms with Crippen LogP contribution in [0.25, 0.3) is 0 Å². The van der Waals surface area contributed by atoms with Crippen LogP contribution < -0.4 is 5.32 Å². The topological polar surface area (TPSA) is 55.4 Å². The van der Waals surface area contributed by atoms with Crippen LogP contribution in [0.15, 0.2) is 0 Å². The molecule has 0 aromatic heterocycles. The Morgan fingerprint density at radius 3 is 1.61 bits per heavy atom. The van der Waals surface area contributed by atoms with Crippen molar-refractivity contribution in [3.8, 4) is 0 Å². The van der Waals surface area contributed by atoms with Gasteiger partial charge < -0.3 is 4.74 Å². The third-order valence-corrected chi connectivity index (χ3v) is 5.70. The molecule has 166 valence electrons. The Balaban J connectivity index is 3.86. The lowest BCUT2D eigenvalue weighted by molar-refractivity contribution is -0.154. The highest BCUT2D eigenvalue weighted by Crippen LogP contribution is 2.16. The average molecular weight is 398 g/mol. The molecule has 0 bridgehead atoms. The summed E-state index contributed by atoms with van der Waals surface area (Å²) in [6, 6.07) is 0. The maximum absolute atomic E-state index is 12.6. The number of ketones is 1. The maximum atomic E-state index is 12.6. The predicted molar refractivity (Wildman–Crippen MR) is 119 cm³/mol. The van der Waals surface area contributed by atoms with E-state index in [1.165, 1.54) is 57.8 Å². The quantitative estimate of drug-likeness (QED) is 0.147. The van der Waals surface area contributed by atoms with Crippen LogP contribution in [0.1, 0.15) is 124 Å². The minimum atomic E-state index is -1.21. The number of carbonyl (C=O) groups is 2. The largest absolute Gasteiger partial charge is 0.464 e. The second kappa shape index (κ2) is 18.1.